The summed E-state index contributed by atoms with van der Waals surface area (Å²) >= 11 is 6.11. The maximum Gasteiger partial charge on any atom is 0.134 e. The van der Waals surface area contributed by atoms with E-state index in [4.69, 9.17) is 11.6 Å². The summed E-state index contributed by atoms with van der Waals surface area (Å²) in [4.78, 5) is 8.98. The van der Waals surface area contributed by atoms with E-state index in [2.05, 4.69) is 49.8 Å². The Morgan fingerprint density at radius 2 is 1.79 bits per heavy atom. The normalized spacial score (nSPS) is 11.6. The minimum Gasteiger partial charge on any atom is -0.237 e. The standard InChI is InChI=1S/C16H19ClN2/c1-11-7-5-6-8-12(11)9-15-18-13(16(2,3)4)10-14(17)19-15/h5-8,10H,9H2,1-4H3. The first-order chi connectivity index (χ1) is 8.86. The summed E-state index contributed by atoms with van der Waals surface area (Å²) in [7, 11) is 0. The maximum atomic E-state index is 6.11. The second kappa shape index (κ2) is 5.30. The highest BCUT2D eigenvalue weighted by Crippen LogP contribution is 2.23. The van der Waals surface area contributed by atoms with E-state index in [1.807, 2.05) is 18.2 Å². The fourth-order valence-electron chi connectivity index (χ4n) is 1.91. The van der Waals surface area contributed by atoms with E-state index in [9.17, 15) is 0 Å². The van der Waals surface area contributed by atoms with E-state index in [0.717, 1.165) is 17.9 Å². The summed E-state index contributed by atoms with van der Waals surface area (Å²) in [5.41, 5.74) is 3.46. The Bertz CT molecular complexity index is 586. The molecule has 0 N–H and O–H groups in total. The average molecular weight is 275 g/mol. The molecule has 1 heterocycles. The van der Waals surface area contributed by atoms with Gasteiger partial charge in [0.05, 0.1) is 5.69 Å². The third-order valence-corrected chi connectivity index (χ3v) is 3.31. The molecule has 0 saturated heterocycles. The molecule has 2 nitrogen and oxygen atoms in total. The van der Waals surface area contributed by atoms with Gasteiger partial charge in [0.1, 0.15) is 11.0 Å². The van der Waals surface area contributed by atoms with Gasteiger partial charge in [-0.15, -0.1) is 0 Å². The monoisotopic (exact) mass is 274 g/mol. The Labute approximate surface area is 119 Å². The van der Waals surface area contributed by atoms with E-state index in [-0.39, 0.29) is 5.41 Å². The van der Waals surface area contributed by atoms with Gasteiger partial charge in [0.25, 0.3) is 0 Å². The summed E-state index contributed by atoms with van der Waals surface area (Å²) in [6.45, 7) is 8.49. The van der Waals surface area contributed by atoms with Gasteiger partial charge in [-0.1, -0.05) is 56.6 Å². The third kappa shape index (κ3) is 3.54. The lowest BCUT2D eigenvalue weighted by Gasteiger charge is -2.18. The lowest BCUT2D eigenvalue weighted by molar-refractivity contribution is 0.563. The van der Waals surface area contributed by atoms with E-state index in [1.165, 1.54) is 11.1 Å². The van der Waals surface area contributed by atoms with Gasteiger partial charge >= 0.3 is 0 Å². The predicted molar refractivity (Wildman–Crippen MR) is 79.7 cm³/mol. The van der Waals surface area contributed by atoms with Crippen molar-refractivity contribution in [3.8, 4) is 0 Å². The first-order valence-corrected chi connectivity index (χ1v) is 6.82. The highest BCUT2D eigenvalue weighted by atomic mass is 35.5. The van der Waals surface area contributed by atoms with Gasteiger partial charge in [-0.05, 0) is 24.1 Å². The van der Waals surface area contributed by atoms with E-state index in [1.54, 1.807) is 0 Å². The molecule has 0 atom stereocenters. The number of nitrogens with zero attached hydrogens (tertiary/aromatic N) is 2. The number of hydrogen-bond donors (Lipinski definition) is 0. The minimum atomic E-state index is -0.0208. The van der Waals surface area contributed by atoms with Gasteiger partial charge in [-0.2, -0.15) is 0 Å². The Hall–Kier alpha value is -1.41. The Morgan fingerprint density at radius 3 is 2.42 bits per heavy atom. The number of hydrogen-bond acceptors (Lipinski definition) is 2. The van der Waals surface area contributed by atoms with Crippen molar-refractivity contribution in [1.29, 1.82) is 0 Å². The largest absolute Gasteiger partial charge is 0.237 e. The molecule has 0 fully saturated rings. The van der Waals surface area contributed by atoms with E-state index in [0.29, 0.717) is 5.15 Å². The van der Waals surface area contributed by atoms with Crippen LogP contribution < -0.4 is 0 Å². The highest BCUT2D eigenvalue weighted by molar-refractivity contribution is 6.29. The molecular formula is C16H19ClN2. The van der Waals surface area contributed by atoms with Crippen molar-refractivity contribution in [2.45, 2.75) is 39.5 Å². The third-order valence-electron chi connectivity index (χ3n) is 3.12. The van der Waals surface area contributed by atoms with Gasteiger partial charge in [-0.25, -0.2) is 9.97 Å². The zero-order valence-corrected chi connectivity index (χ0v) is 12.6. The molecule has 0 unspecified atom stereocenters. The summed E-state index contributed by atoms with van der Waals surface area (Å²) in [6, 6.07) is 10.1. The van der Waals surface area contributed by atoms with Gasteiger partial charge in [0.2, 0.25) is 0 Å². The predicted octanol–water partition coefficient (Wildman–Crippen LogP) is 4.33. The van der Waals surface area contributed by atoms with Gasteiger partial charge in [-0.3, -0.25) is 0 Å². The molecule has 0 spiro atoms. The lowest BCUT2D eigenvalue weighted by Crippen LogP contribution is -2.15. The van der Waals surface area contributed by atoms with Crippen LogP contribution in [0.4, 0.5) is 0 Å². The molecule has 0 amide bonds. The quantitative estimate of drug-likeness (QED) is 0.762. The fourth-order valence-corrected chi connectivity index (χ4v) is 2.11. The second-order valence-electron chi connectivity index (χ2n) is 5.85. The van der Waals surface area contributed by atoms with Crippen molar-refractivity contribution in [1.82, 2.24) is 9.97 Å². The van der Waals surface area contributed by atoms with Gasteiger partial charge in [0, 0.05) is 11.8 Å². The number of rotatable bonds is 2. The molecule has 0 radical (unpaired) electrons. The number of aryl methyl sites for hydroxylation is 1. The molecule has 0 aliphatic heterocycles. The van der Waals surface area contributed by atoms with Crippen LogP contribution >= 0.6 is 11.6 Å². The molecule has 0 aliphatic carbocycles. The smallest absolute Gasteiger partial charge is 0.134 e. The molecule has 0 aliphatic rings. The van der Waals surface area contributed by atoms with Crippen molar-refractivity contribution in [2.75, 3.05) is 0 Å². The average Bonchev–Trinajstić information content (AvgIpc) is 2.30. The molecule has 0 bridgehead atoms. The van der Waals surface area contributed by atoms with Crippen molar-refractivity contribution in [3.05, 3.63) is 58.1 Å². The van der Waals surface area contributed by atoms with Crippen LogP contribution in [0.1, 0.15) is 43.4 Å². The van der Waals surface area contributed by atoms with Crippen LogP contribution in [0.5, 0.6) is 0 Å². The van der Waals surface area contributed by atoms with Crippen LogP contribution in [0, 0.1) is 6.92 Å². The maximum absolute atomic E-state index is 6.11. The van der Waals surface area contributed by atoms with Crippen LogP contribution in [-0.2, 0) is 11.8 Å². The Balaban J connectivity index is 2.36. The molecule has 1 aromatic carbocycles. The molecule has 2 aromatic rings. The van der Waals surface area contributed by atoms with Crippen molar-refractivity contribution in [3.63, 3.8) is 0 Å². The van der Waals surface area contributed by atoms with E-state index < -0.39 is 0 Å². The zero-order valence-electron chi connectivity index (χ0n) is 11.9. The molecular weight excluding hydrogens is 256 g/mol. The van der Waals surface area contributed by atoms with Crippen LogP contribution in [-0.4, -0.2) is 9.97 Å². The molecule has 3 heteroatoms. The summed E-state index contributed by atoms with van der Waals surface area (Å²) < 4.78 is 0. The molecule has 2 rings (SSSR count). The molecule has 0 saturated carbocycles. The molecule has 1 aromatic heterocycles. The topological polar surface area (TPSA) is 25.8 Å². The van der Waals surface area contributed by atoms with Crippen LogP contribution in [0.25, 0.3) is 0 Å². The van der Waals surface area contributed by atoms with Crippen LogP contribution in [0.15, 0.2) is 30.3 Å². The summed E-state index contributed by atoms with van der Waals surface area (Å²) in [5.74, 6) is 0.784. The molecule has 100 valence electrons. The molecule has 19 heavy (non-hydrogen) atoms. The second-order valence-corrected chi connectivity index (χ2v) is 6.23. The minimum absolute atomic E-state index is 0.0208. The van der Waals surface area contributed by atoms with Crippen molar-refractivity contribution in [2.24, 2.45) is 0 Å². The lowest BCUT2D eigenvalue weighted by atomic mass is 9.92. The highest BCUT2D eigenvalue weighted by Gasteiger charge is 2.17. The van der Waals surface area contributed by atoms with Crippen molar-refractivity contribution >= 4 is 11.6 Å². The summed E-state index contributed by atoms with van der Waals surface area (Å²) in [5, 5.41) is 0.517. The zero-order chi connectivity index (χ0) is 14.0. The SMILES string of the molecule is Cc1ccccc1Cc1nc(Cl)cc(C(C)(C)C)n1. The number of aromatic nitrogens is 2. The first-order valence-electron chi connectivity index (χ1n) is 6.45. The summed E-state index contributed by atoms with van der Waals surface area (Å²) in [6.07, 6.45) is 0.719. The van der Waals surface area contributed by atoms with Gasteiger partial charge in [0.15, 0.2) is 0 Å². The van der Waals surface area contributed by atoms with E-state index >= 15 is 0 Å². The number of halogens is 1. The van der Waals surface area contributed by atoms with Gasteiger partial charge < -0.3 is 0 Å². The van der Waals surface area contributed by atoms with Crippen molar-refractivity contribution < 1.29 is 0 Å². The Morgan fingerprint density at radius 1 is 1.11 bits per heavy atom. The fraction of sp³-hybridized carbons (Fsp3) is 0.375. The number of benzene rings is 1. The Kier molecular flexibility index (Phi) is 3.91. The van der Waals surface area contributed by atoms with Crippen LogP contribution in [0.2, 0.25) is 5.15 Å². The first kappa shape index (κ1) is 14.0. The van der Waals surface area contributed by atoms with Crippen LogP contribution in [0.3, 0.4) is 0 Å².